The quantitative estimate of drug-likeness (QED) is 0.154. The van der Waals surface area contributed by atoms with Crippen molar-refractivity contribution in [1.29, 1.82) is 0 Å². The molecule has 1 saturated carbocycles. The number of aromatic nitrogens is 1. The summed E-state index contributed by atoms with van der Waals surface area (Å²) >= 11 is 6.88. The van der Waals surface area contributed by atoms with Crippen molar-refractivity contribution in [2.24, 2.45) is 23.7 Å². The number of allylic oxidation sites excluding steroid dienone is 1. The fourth-order valence-electron chi connectivity index (χ4n) is 10.3. The summed E-state index contributed by atoms with van der Waals surface area (Å²) in [6.45, 7) is 2.86. The number of hydrogen-bond acceptors (Lipinski definition) is 7. The average Bonchev–Trinajstić information content (AvgIpc) is 3.75. The molecule has 2 N–H and O–H groups in total. The van der Waals surface area contributed by atoms with Gasteiger partial charge in [-0.2, -0.15) is 0 Å². The molecule has 0 bridgehead atoms. The molecule has 11 heteroatoms. The van der Waals surface area contributed by atoms with Crippen molar-refractivity contribution in [2.45, 2.75) is 122 Å². The SMILES string of the molecule is O=C1CCc2ccccc2C=C1C1CCN(C(=O)N[C@H](Cc2cc(Br)c(O)c(Br)c2)C(=O)CC[C@@H](CC2CCCCCC2)C(=O)CC2CCCN(c3ccncc3)CC2)CC1. The van der Waals surface area contributed by atoms with Gasteiger partial charge < -0.3 is 20.2 Å². The Hall–Kier alpha value is -3.83. The second-order valence-corrected chi connectivity index (χ2v) is 19.8. The van der Waals surface area contributed by atoms with Gasteiger partial charge in [-0.05, 0) is 160 Å². The first kappa shape index (κ1) is 45.2. The smallest absolute Gasteiger partial charge is 0.317 e. The molecule has 1 unspecified atom stereocenters. The van der Waals surface area contributed by atoms with E-state index < -0.39 is 6.04 Å². The number of carbonyl (C=O) groups is 4. The summed E-state index contributed by atoms with van der Waals surface area (Å²) in [5.41, 5.74) is 5.13. The third-order valence-electron chi connectivity index (χ3n) is 13.9. The minimum atomic E-state index is -0.814. The molecule has 3 heterocycles. The van der Waals surface area contributed by atoms with Crippen LogP contribution in [0.1, 0.15) is 119 Å². The number of rotatable bonds is 14. The maximum atomic E-state index is 14.4. The number of anilines is 1. The number of phenolic OH excluding ortho intramolecular Hbond substituents is 1. The Morgan fingerprint density at radius 2 is 1.51 bits per heavy atom. The summed E-state index contributed by atoms with van der Waals surface area (Å²) in [7, 11) is 0. The fraction of sp³-hybridized carbons (Fsp3) is 0.540. The number of nitrogens with one attached hydrogen (secondary N) is 1. The summed E-state index contributed by atoms with van der Waals surface area (Å²) in [5, 5.41) is 13.6. The van der Waals surface area contributed by atoms with Crippen molar-refractivity contribution in [2.75, 3.05) is 31.1 Å². The Labute approximate surface area is 378 Å². The minimum absolute atomic E-state index is 0.0721. The van der Waals surface area contributed by atoms with Crippen molar-refractivity contribution in [1.82, 2.24) is 15.2 Å². The number of amides is 2. The number of piperidine rings is 1. The van der Waals surface area contributed by atoms with Crippen LogP contribution in [-0.2, 0) is 27.2 Å². The monoisotopic (exact) mass is 956 g/mol. The third-order valence-corrected chi connectivity index (χ3v) is 15.1. The molecule has 0 spiro atoms. The highest BCUT2D eigenvalue weighted by Gasteiger charge is 2.33. The zero-order valence-electron chi connectivity index (χ0n) is 35.5. The second kappa shape index (κ2) is 22.0. The number of pyridine rings is 1. The van der Waals surface area contributed by atoms with Crippen LogP contribution in [0.15, 0.2) is 75.4 Å². The van der Waals surface area contributed by atoms with Crippen LogP contribution in [0.25, 0.3) is 6.08 Å². The number of aromatic hydroxyl groups is 1. The van der Waals surface area contributed by atoms with Gasteiger partial charge in [0.05, 0.1) is 15.0 Å². The van der Waals surface area contributed by atoms with Gasteiger partial charge in [0.2, 0.25) is 0 Å². The molecule has 0 radical (unpaired) electrons. The van der Waals surface area contributed by atoms with E-state index in [4.69, 9.17) is 0 Å². The van der Waals surface area contributed by atoms with Crippen LogP contribution < -0.4 is 10.2 Å². The van der Waals surface area contributed by atoms with Gasteiger partial charge in [0.15, 0.2) is 11.6 Å². The Bertz CT molecular complexity index is 2000. The second-order valence-electron chi connectivity index (χ2n) is 18.1. The predicted octanol–water partition coefficient (Wildman–Crippen LogP) is 10.8. The number of fused-ring (bicyclic) bond motifs is 1. The number of halogens is 2. The molecule has 2 saturated heterocycles. The molecule has 9 nitrogen and oxygen atoms in total. The molecule has 1 aromatic heterocycles. The molecule has 2 aromatic carbocycles. The van der Waals surface area contributed by atoms with E-state index in [1.807, 2.05) is 24.5 Å². The number of benzene rings is 2. The number of nitrogens with zero attached hydrogens (tertiary/aromatic N) is 3. The van der Waals surface area contributed by atoms with Crippen LogP contribution in [0.3, 0.4) is 0 Å². The zero-order chi connectivity index (χ0) is 42.7. The zero-order valence-corrected chi connectivity index (χ0v) is 38.6. The van der Waals surface area contributed by atoms with Gasteiger partial charge >= 0.3 is 6.03 Å². The number of aryl methyl sites for hydroxylation is 1. The lowest BCUT2D eigenvalue weighted by Gasteiger charge is -2.34. The predicted molar refractivity (Wildman–Crippen MR) is 249 cm³/mol. The highest BCUT2D eigenvalue weighted by Crippen LogP contribution is 2.36. The number of phenols is 1. The van der Waals surface area contributed by atoms with Crippen molar-refractivity contribution in [3.05, 3.63) is 92.1 Å². The Balaban J connectivity index is 1.02. The van der Waals surface area contributed by atoms with Crippen molar-refractivity contribution < 1.29 is 24.3 Å². The van der Waals surface area contributed by atoms with E-state index in [1.54, 1.807) is 17.0 Å². The number of ketones is 3. The summed E-state index contributed by atoms with van der Waals surface area (Å²) in [4.78, 5) is 64.5. The molecule has 61 heavy (non-hydrogen) atoms. The molecule has 3 fully saturated rings. The summed E-state index contributed by atoms with van der Waals surface area (Å²) in [6.07, 6.45) is 20.8. The highest BCUT2D eigenvalue weighted by atomic mass is 79.9. The van der Waals surface area contributed by atoms with E-state index >= 15 is 0 Å². The van der Waals surface area contributed by atoms with Gasteiger partial charge in [-0.25, -0.2) is 4.79 Å². The largest absolute Gasteiger partial charge is 0.506 e. The van der Waals surface area contributed by atoms with Crippen LogP contribution >= 0.6 is 31.9 Å². The highest BCUT2D eigenvalue weighted by molar-refractivity contribution is 9.11. The number of urea groups is 1. The van der Waals surface area contributed by atoms with Gasteiger partial charge in [0, 0.05) is 69.4 Å². The standard InChI is InChI=1S/C50H62Br2N4O5/c51-43-29-36(30-44(52)49(43)60)31-45(54-50(61)56-26-20-38(21-27-56)42-33-39-12-6-5-11-37(39)13-15-46(42)57)47(58)16-14-40(28-34-8-3-1-2-4-9-34)48(59)32-35-10-7-24-55(25-19-35)41-17-22-53-23-18-41/h5-6,11-12,17-18,22-23,29-30,33-35,38,40,45,60H,1-4,7-10,13-16,19-21,24-28,31-32H2,(H,54,61)/t35?,40-,45+/m0/s1. The molecule has 2 aliphatic carbocycles. The molecule has 2 aliphatic heterocycles. The summed E-state index contributed by atoms with van der Waals surface area (Å²) < 4.78 is 0.996. The molecule has 326 valence electrons. The maximum absolute atomic E-state index is 14.4. The van der Waals surface area contributed by atoms with Crippen LogP contribution in [0.4, 0.5) is 10.5 Å². The lowest BCUT2D eigenvalue weighted by molar-refractivity contribution is -0.125. The Morgan fingerprint density at radius 3 is 2.25 bits per heavy atom. The van der Waals surface area contributed by atoms with E-state index in [9.17, 15) is 24.3 Å². The molecule has 3 aromatic rings. The van der Waals surface area contributed by atoms with Crippen LogP contribution in [0.5, 0.6) is 5.75 Å². The molecule has 4 aliphatic rings. The topological polar surface area (TPSA) is 120 Å². The summed E-state index contributed by atoms with van der Waals surface area (Å²) in [5.74, 6) is 1.17. The van der Waals surface area contributed by atoms with E-state index in [2.05, 4.69) is 77.4 Å². The van der Waals surface area contributed by atoms with Gasteiger partial charge in [-0.3, -0.25) is 19.4 Å². The van der Waals surface area contributed by atoms with Gasteiger partial charge in [0.25, 0.3) is 0 Å². The summed E-state index contributed by atoms with van der Waals surface area (Å²) in [6, 6.07) is 14.8. The van der Waals surface area contributed by atoms with E-state index in [0.717, 1.165) is 74.7 Å². The van der Waals surface area contributed by atoms with Crippen LogP contribution in [-0.4, -0.2) is 70.6 Å². The van der Waals surface area contributed by atoms with Crippen LogP contribution in [0, 0.1) is 23.7 Å². The molecular formula is C50H62Br2N4O5. The molecule has 2 amide bonds. The number of hydrogen-bond donors (Lipinski definition) is 2. The average molecular weight is 959 g/mol. The molecule has 7 rings (SSSR count). The third kappa shape index (κ3) is 12.4. The lowest BCUT2D eigenvalue weighted by Crippen LogP contribution is -2.51. The fourth-order valence-corrected chi connectivity index (χ4v) is 11.6. The van der Waals surface area contributed by atoms with Gasteiger partial charge in [-0.1, -0.05) is 62.8 Å². The minimum Gasteiger partial charge on any atom is -0.506 e. The first-order valence-electron chi connectivity index (χ1n) is 22.9. The first-order chi connectivity index (χ1) is 29.6. The number of likely N-dealkylation sites (tertiary alicyclic amines) is 1. The Kier molecular flexibility index (Phi) is 16.3. The normalized spacial score (nSPS) is 20.4. The number of Topliss-reactive ketones (excluding diaryl/α,β-unsaturated/α-hetero) is 3. The van der Waals surface area contributed by atoms with Gasteiger partial charge in [-0.15, -0.1) is 0 Å². The van der Waals surface area contributed by atoms with Crippen molar-refractivity contribution in [3.8, 4) is 5.75 Å². The maximum Gasteiger partial charge on any atom is 0.317 e. The van der Waals surface area contributed by atoms with E-state index in [1.165, 1.54) is 36.9 Å². The number of carbonyl (C=O) groups excluding carboxylic acids is 4. The molecular weight excluding hydrogens is 896 g/mol. The van der Waals surface area contributed by atoms with Gasteiger partial charge in [0.1, 0.15) is 11.5 Å². The van der Waals surface area contributed by atoms with Crippen LogP contribution in [0.2, 0.25) is 0 Å². The Morgan fingerprint density at radius 1 is 0.803 bits per heavy atom. The lowest BCUT2D eigenvalue weighted by atomic mass is 9.80. The van der Waals surface area contributed by atoms with E-state index in [-0.39, 0.29) is 48.0 Å². The molecule has 3 atom stereocenters. The van der Waals surface area contributed by atoms with Crippen molar-refractivity contribution >= 4 is 67.0 Å². The van der Waals surface area contributed by atoms with E-state index in [0.29, 0.717) is 71.8 Å². The first-order valence-corrected chi connectivity index (χ1v) is 24.4. The van der Waals surface area contributed by atoms with Crippen molar-refractivity contribution in [3.63, 3.8) is 0 Å².